The van der Waals surface area contributed by atoms with Gasteiger partial charge in [0.15, 0.2) is 0 Å². The summed E-state index contributed by atoms with van der Waals surface area (Å²) in [6, 6.07) is 2.01. The van der Waals surface area contributed by atoms with E-state index in [0.29, 0.717) is 5.92 Å². The predicted octanol–water partition coefficient (Wildman–Crippen LogP) is 0.811. The van der Waals surface area contributed by atoms with Crippen LogP contribution in [0.2, 0.25) is 0 Å². The molecule has 2 rings (SSSR count). The summed E-state index contributed by atoms with van der Waals surface area (Å²) in [5.41, 5.74) is 6.93. The number of hydrogen-bond donors (Lipinski definition) is 1. The van der Waals surface area contributed by atoms with Crippen LogP contribution in [0.5, 0.6) is 0 Å². The molecule has 78 valence electrons. The SMILES string of the molecule is CN1CCC(c2cc(N)n(C)n2)CC1. The third kappa shape index (κ3) is 1.75. The molecule has 1 aromatic heterocycles. The van der Waals surface area contributed by atoms with E-state index in [4.69, 9.17) is 5.73 Å². The Morgan fingerprint density at radius 1 is 1.36 bits per heavy atom. The van der Waals surface area contributed by atoms with Crippen LogP contribution in [0, 0.1) is 0 Å². The van der Waals surface area contributed by atoms with E-state index in [1.165, 1.54) is 25.9 Å². The average molecular weight is 194 g/mol. The van der Waals surface area contributed by atoms with Gasteiger partial charge in [-0.1, -0.05) is 0 Å². The minimum absolute atomic E-state index is 0.606. The molecule has 0 unspecified atom stereocenters. The van der Waals surface area contributed by atoms with Crippen molar-refractivity contribution in [3.8, 4) is 0 Å². The molecule has 2 N–H and O–H groups in total. The van der Waals surface area contributed by atoms with Crippen molar-refractivity contribution in [1.29, 1.82) is 0 Å². The molecule has 14 heavy (non-hydrogen) atoms. The van der Waals surface area contributed by atoms with Crippen LogP contribution in [0.25, 0.3) is 0 Å². The van der Waals surface area contributed by atoms with Gasteiger partial charge < -0.3 is 10.6 Å². The molecule has 0 aromatic carbocycles. The third-order valence-electron chi connectivity index (χ3n) is 3.07. The summed E-state index contributed by atoms with van der Waals surface area (Å²) in [6.07, 6.45) is 2.40. The molecular weight excluding hydrogens is 176 g/mol. The second-order valence-electron chi connectivity index (χ2n) is 4.20. The minimum atomic E-state index is 0.606. The van der Waals surface area contributed by atoms with Crippen molar-refractivity contribution >= 4 is 5.82 Å². The van der Waals surface area contributed by atoms with Crippen LogP contribution in [0.15, 0.2) is 6.07 Å². The molecule has 0 amide bonds. The Morgan fingerprint density at radius 2 is 2.00 bits per heavy atom. The van der Waals surface area contributed by atoms with E-state index in [1.807, 2.05) is 13.1 Å². The molecule has 0 atom stereocenters. The zero-order chi connectivity index (χ0) is 10.1. The fourth-order valence-electron chi connectivity index (χ4n) is 2.01. The van der Waals surface area contributed by atoms with Crippen LogP contribution in [0.3, 0.4) is 0 Å². The lowest BCUT2D eigenvalue weighted by molar-refractivity contribution is 0.253. The highest BCUT2D eigenvalue weighted by atomic mass is 15.3. The number of hydrogen-bond acceptors (Lipinski definition) is 3. The predicted molar refractivity (Wildman–Crippen MR) is 57.1 cm³/mol. The first kappa shape index (κ1) is 9.52. The number of anilines is 1. The summed E-state index contributed by atoms with van der Waals surface area (Å²) < 4.78 is 1.76. The van der Waals surface area contributed by atoms with E-state index in [2.05, 4.69) is 17.0 Å². The van der Waals surface area contributed by atoms with Crippen molar-refractivity contribution in [2.75, 3.05) is 25.9 Å². The fourth-order valence-corrected chi connectivity index (χ4v) is 2.01. The monoisotopic (exact) mass is 194 g/mol. The number of piperidine rings is 1. The van der Waals surface area contributed by atoms with E-state index < -0.39 is 0 Å². The van der Waals surface area contributed by atoms with Crippen molar-refractivity contribution < 1.29 is 0 Å². The second kappa shape index (κ2) is 3.61. The Morgan fingerprint density at radius 3 is 2.50 bits per heavy atom. The molecule has 1 aromatic rings. The molecule has 2 heterocycles. The molecular formula is C10H18N4. The molecule has 0 bridgehead atoms. The van der Waals surface area contributed by atoms with E-state index in [-0.39, 0.29) is 0 Å². The Labute approximate surface area is 84.7 Å². The van der Waals surface area contributed by atoms with Crippen molar-refractivity contribution in [2.45, 2.75) is 18.8 Å². The van der Waals surface area contributed by atoms with Gasteiger partial charge in [0.25, 0.3) is 0 Å². The molecule has 1 aliphatic rings. The standard InChI is InChI=1S/C10H18N4/c1-13-5-3-8(4-6-13)9-7-10(11)14(2)12-9/h7-8H,3-6,11H2,1-2H3. The normalized spacial score (nSPS) is 20.1. The number of aryl methyl sites for hydroxylation is 1. The smallest absolute Gasteiger partial charge is 0.121 e. The summed E-state index contributed by atoms with van der Waals surface area (Å²) in [7, 11) is 4.07. The Kier molecular flexibility index (Phi) is 2.46. The maximum atomic E-state index is 5.76. The summed E-state index contributed by atoms with van der Waals surface area (Å²) in [5, 5.41) is 4.43. The first-order chi connectivity index (χ1) is 6.66. The van der Waals surface area contributed by atoms with Crippen molar-refractivity contribution in [1.82, 2.24) is 14.7 Å². The van der Waals surface area contributed by atoms with Crippen LogP contribution < -0.4 is 5.73 Å². The average Bonchev–Trinajstić information content (AvgIpc) is 2.48. The van der Waals surface area contributed by atoms with Gasteiger partial charge in [-0.25, -0.2) is 0 Å². The maximum Gasteiger partial charge on any atom is 0.121 e. The van der Waals surface area contributed by atoms with Crippen LogP contribution in [0.4, 0.5) is 5.82 Å². The Balaban J connectivity index is 2.08. The van der Waals surface area contributed by atoms with Crippen LogP contribution in [-0.4, -0.2) is 34.8 Å². The van der Waals surface area contributed by atoms with Gasteiger partial charge in [-0.2, -0.15) is 5.10 Å². The Hall–Kier alpha value is -1.03. The number of nitrogens with zero attached hydrogens (tertiary/aromatic N) is 3. The van der Waals surface area contributed by atoms with E-state index in [1.54, 1.807) is 4.68 Å². The highest BCUT2D eigenvalue weighted by Crippen LogP contribution is 2.27. The van der Waals surface area contributed by atoms with E-state index in [0.717, 1.165) is 11.5 Å². The van der Waals surface area contributed by atoms with Crippen LogP contribution >= 0.6 is 0 Å². The zero-order valence-corrected chi connectivity index (χ0v) is 8.90. The number of rotatable bonds is 1. The summed E-state index contributed by atoms with van der Waals surface area (Å²) in [4.78, 5) is 2.36. The van der Waals surface area contributed by atoms with E-state index >= 15 is 0 Å². The molecule has 1 fully saturated rings. The first-order valence-electron chi connectivity index (χ1n) is 5.15. The van der Waals surface area contributed by atoms with Gasteiger partial charge in [-0.05, 0) is 33.0 Å². The lowest BCUT2D eigenvalue weighted by Crippen LogP contribution is -2.29. The first-order valence-corrected chi connectivity index (χ1v) is 5.15. The topological polar surface area (TPSA) is 47.1 Å². The van der Waals surface area contributed by atoms with Gasteiger partial charge in [0.1, 0.15) is 5.82 Å². The molecule has 4 nitrogen and oxygen atoms in total. The lowest BCUT2D eigenvalue weighted by Gasteiger charge is -2.27. The van der Waals surface area contributed by atoms with Gasteiger partial charge in [-0.3, -0.25) is 4.68 Å². The molecule has 1 aliphatic heterocycles. The zero-order valence-electron chi connectivity index (χ0n) is 8.90. The van der Waals surface area contributed by atoms with Gasteiger partial charge in [0.05, 0.1) is 5.69 Å². The summed E-state index contributed by atoms with van der Waals surface area (Å²) >= 11 is 0. The van der Waals surface area contributed by atoms with Gasteiger partial charge in [0.2, 0.25) is 0 Å². The largest absolute Gasteiger partial charge is 0.384 e. The lowest BCUT2D eigenvalue weighted by atomic mass is 9.94. The molecule has 4 heteroatoms. The quantitative estimate of drug-likeness (QED) is 0.719. The van der Waals surface area contributed by atoms with Crippen molar-refractivity contribution in [2.24, 2.45) is 7.05 Å². The second-order valence-corrected chi connectivity index (χ2v) is 4.20. The highest BCUT2D eigenvalue weighted by molar-refractivity contribution is 5.32. The van der Waals surface area contributed by atoms with Crippen molar-refractivity contribution in [3.05, 3.63) is 11.8 Å². The van der Waals surface area contributed by atoms with Crippen LogP contribution in [-0.2, 0) is 7.05 Å². The van der Waals surface area contributed by atoms with Crippen molar-refractivity contribution in [3.63, 3.8) is 0 Å². The molecule has 0 spiro atoms. The Bertz CT molecular complexity index is 290. The summed E-state index contributed by atoms with van der Waals surface area (Å²) in [6.45, 7) is 2.34. The van der Waals surface area contributed by atoms with Crippen LogP contribution in [0.1, 0.15) is 24.5 Å². The fraction of sp³-hybridized carbons (Fsp3) is 0.700. The third-order valence-corrected chi connectivity index (χ3v) is 3.07. The molecule has 1 saturated heterocycles. The minimum Gasteiger partial charge on any atom is -0.384 e. The highest BCUT2D eigenvalue weighted by Gasteiger charge is 2.20. The summed E-state index contributed by atoms with van der Waals surface area (Å²) in [5.74, 6) is 1.37. The van der Waals surface area contributed by atoms with Gasteiger partial charge in [-0.15, -0.1) is 0 Å². The number of nitrogen functional groups attached to an aromatic ring is 1. The van der Waals surface area contributed by atoms with Gasteiger partial charge in [0, 0.05) is 19.0 Å². The number of aromatic nitrogens is 2. The van der Waals surface area contributed by atoms with Gasteiger partial charge >= 0.3 is 0 Å². The number of likely N-dealkylation sites (tertiary alicyclic amines) is 1. The molecule has 0 radical (unpaired) electrons. The molecule has 0 aliphatic carbocycles. The number of nitrogens with two attached hydrogens (primary N) is 1. The maximum absolute atomic E-state index is 5.76. The molecule has 0 saturated carbocycles. The van der Waals surface area contributed by atoms with E-state index in [9.17, 15) is 0 Å².